The predicted octanol–water partition coefficient (Wildman–Crippen LogP) is 2.66. The number of nitrogens with one attached hydrogen (secondary N) is 1. The highest BCUT2D eigenvalue weighted by atomic mass is 32.1. The van der Waals surface area contributed by atoms with Gasteiger partial charge in [0.25, 0.3) is 5.91 Å². The summed E-state index contributed by atoms with van der Waals surface area (Å²) in [6, 6.07) is 5.94. The fraction of sp³-hybridized carbons (Fsp3) is 0.400. The first-order valence-electron chi connectivity index (χ1n) is 7.07. The van der Waals surface area contributed by atoms with Crippen LogP contribution in [0.3, 0.4) is 0 Å². The molecule has 0 saturated heterocycles. The molecule has 0 fully saturated rings. The highest BCUT2D eigenvalue weighted by molar-refractivity contribution is 7.08. The van der Waals surface area contributed by atoms with Gasteiger partial charge in [0, 0.05) is 5.69 Å². The van der Waals surface area contributed by atoms with Gasteiger partial charge < -0.3 is 11.1 Å². The first-order chi connectivity index (χ1) is 10.1. The van der Waals surface area contributed by atoms with Crippen LogP contribution < -0.4 is 11.1 Å². The summed E-state index contributed by atoms with van der Waals surface area (Å²) in [5.74, 6) is 0.114. The second-order valence-corrected chi connectivity index (χ2v) is 6.42. The van der Waals surface area contributed by atoms with E-state index < -0.39 is 0 Å². The van der Waals surface area contributed by atoms with E-state index in [1.54, 1.807) is 0 Å². The van der Waals surface area contributed by atoms with Crippen LogP contribution in [0.4, 0.5) is 5.69 Å². The van der Waals surface area contributed by atoms with Gasteiger partial charge in [-0.15, -0.1) is 5.10 Å². The number of nitrogens with zero attached hydrogens (tertiary/aromatic N) is 2. The number of hydrogen-bond donors (Lipinski definition) is 2. The number of hydrogen-bond acceptors (Lipinski definition) is 5. The predicted molar refractivity (Wildman–Crippen MR) is 83.4 cm³/mol. The average molecular weight is 302 g/mol. The highest BCUT2D eigenvalue weighted by Gasteiger charge is 2.26. The van der Waals surface area contributed by atoms with Gasteiger partial charge in [-0.1, -0.05) is 24.4 Å². The molecule has 2 aromatic rings. The molecule has 0 spiro atoms. The lowest BCUT2D eigenvalue weighted by atomic mass is 10.1. The molecule has 1 heterocycles. The van der Waals surface area contributed by atoms with Gasteiger partial charge in [-0.25, -0.2) is 0 Å². The minimum atomic E-state index is -0.0802. The summed E-state index contributed by atoms with van der Waals surface area (Å²) >= 11 is 1.16. The van der Waals surface area contributed by atoms with E-state index in [1.165, 1.54) is 11.1 Å². The number of amides is 1. The van der Waals surface area contributed by atoms with Crippen molar-refractivity contribution in [1.82, 2.24) is 14.9 Å². The van der Waals surface area contributed by atoms with Crippen molar-refractivity contribution >= 4 is 23.1 Å². The van der Waals surface area contributed by atoms with Crippen molar-refractivity contribution in [3.8, 4) is 0 Å². The van der Waals surface area contributed by atoms with E-state index in [1.807, 2.05) is 32.0 Å². The first-order valence-corrected chi connectivity index (χ1v) is 7.85. The summed E-state index contributed by atoms with van der Waals surface area (Å²) in [4.78, 5) is 13.1. The molecule has 1 amide bonds. The number of rotatable bonds is 3. The Hall–Kier alpha value is -1.95. The second kappa shape index (κ2) is 5.44. The maximum Gasteiger partial charge on any atom is 0.265 e. The molecule has 5 nitrogen and oxygen atoms in total. The third-order valence-corrected chi connectivity index (χ3v) is 4.56. The SMILES string of the molecule is CC(C)c1nnsc1C(=O)NC1CCc2cc(N)ccc21. The van der Waals surface area contributed by atoms with Crippen LogP contribution >= 0.6 is 11.5 Å². The third-order valence-electron chi connectivity index (χ3n) is 3.82. The molecule has 1 aromatic heterocycles. The number of carbonyl (C=O) groups is 1. The molecule has 1 aliphatic rings. The Morgan fingerprint density at radius 3 is 3.05 bits per heavy atom. The van der Waals surface area contributed by atoms with Gasteiger partial charge in [0.15, 0.2) is 0 Å². The molecule has 3 N–H and O–H groups in total. The number of anilines is 1. The Kier molecular flexibility index (Phi) is 3.63. The van der Waals surface area contributed by atoms with Crippen molar-refractivity contribution in [3.63, 3.8) is 0 Å². The molecule has 1 aliphatic carbocycles. The fourth-order valence-corrected chi connectivity index (χ4v) is 3.47. The number of nitrogen functional groups attached to an aromatic ring is 1. The van der Waals surface area contributed by atoms with Crippen LogP contribution in [0.25, 0.3) is 0 Å². The van der Waals surface area contributed by atoms with Crippen molar-refractivity contribution < 1.29 is 4.79 Å². The summed E-state index contributed by atoms with van der Waals surface area (Å²) in [6.45, 7) is 4.03. The standard InChI is InChI=1S/C15H18N4OS/c1-8(2)13-14(21-19-18-13)15(20)17-12-6-3-9-7-10(16)4-5-11(9)12/h4-5,7-8,12H,3,6,16H2,1-2H3,(H,17,20). The summed E-state index contributed by atoms with van der Waals surface area (Å²) < 4.78 is 3.91. The average Bonchev–Trinajstić information content (AvgIpc) is 3.05. The van der Waals surface area contributed by atoms with Gasteiger partial charge in [0.1, 0.15) is 4.88 Å². The summed E-state index contributed by atoms with van der Waals surface area (Å²) in [7, 11) is 0. The van der Waals surface area contributed by atoms with Gasteiger partial charge in [-0.2, -0.15) is 0 Å². The van der Waals surface area contributed by atoms with Crippen LogP contribution in [0.5, 0.6) is 0 Å². The first kappa shape index (κ1) is 14.0. The van der Waals surface area contributed by atoms with Crippen LogP contribution in [-0.4, -0.2) is 15.5 Å². The summed E-state index contributed by atoms with van der Waals surface area (Å²) in [6.07, 6.45) is 1.86. The van der Waals surface area contributed by atoms with Crippen molar-refractivity contribution in [3.05, 3.63) is 39.9 Å². The van der Waals surface area contributed by atoms with Gasteiger partial charge in [0.05, 0.1) is 11.7 Å². The molecule has 0 saturated carbocycles. The molecule has 110 valence electrons. The van der Waals surface area contributed by atoms with Crippen molar-refractivity contribution in [2.45, 2.75) is 38.6 Å². The molecular weight excluding hydrogens is 284 g/mol. The maximum atomic E-state index is 12.5. The van der Waals surface area contributed by atoms with Crippen LogP contribution in [0.1, 0.15) is 58.7 Å². The highest BCUT2D eigenvalue weighted by Crippen LogP contribution is 2.33. The van der Waals surface area contributed by atoms with E-state index in [2.05, 4.69) is 14.9 Å². The van der Waals surface area contributed by atoms with Crippen molar-refractivity contribution in [1.29, 1.82) is 0 Å². The van der Waals surface area contributed by atoms with Crippen LogP contribution in [0.15, 0.2) is 18.2 Å². The fourth-order valence-electron chi connectivity index (χ4n) is 2.74. The number of aromatic nitrogens is 2. The normalized spacial score (nSPS) is 17.0. The number of fused-ring (bicyclic) bond motifs is 1. The smallest absolute Gasteiger partial charge is 0.265 e. The van der Waals surface area contributed by atoms with E-state index in [0.29, 0.717) is 4.88 Å². The molecular formula is C15H18N4OS. The number of aryl methyl sites for hydroxylation is 1. The van der Waals surface area contributed by atoms with Crippen molar-refractivity contribution in [2.24, 2.45) is 0 Å². The Balaban J connectivity index is 1.80. The van der Waals surface area contributed by atoms with E-state index in [0.717, 1.165) is 35.8 Å². The third kappa shape index (κ3) is 2.63. The molecule has 0 bridgehead atoms. The monoisotopic (exact) mass is 302 g/mol. The van der Waals surface area contributed by atoms with Gasteiger partial charge in [-0.05, 0) is 53.6 Å². The molecule has 0 aliphatic heterocycles. The molecule has 21 heavy (non-hydrogen) atoms. The minimum Gasteiger partial charge on any atom is -0.399 e. The molecule has 3 rings (SSSR count). The van der Waals surface area contributed by atoms with E-state index in [9.17, 15) is 4.79 Å². The summed E-state index contributed by atoms with van der Waals surface area (Å²) in [5, 5.41) is 7.16. The van der Waals surface area contributed by atoms with Gasteiger partial charge >= 0.3 is 0 Å². The molecule has 0 radical (unpaired) electrons. The lowest BCUT2D eigenvalue weighted by Crippen LogP contribution is -2.27. The minimum absolute atomic E-state index is 0.0511. The zero-order chi connectivity index (χ0) is 15.0. The Labute approximate surface area is 127 Å². The van der Waals surface area contributed by atoms with E-state index >= 15 is 0 Å². The Bertz CT molecular complexity index is 680. The van der Waals surface area contributed by atoms with E-state index in [4.69, 9.17) is 5.73 Å². The number of carbonyl (C=O) groups excluding carboxylic acids is 1. The molecule has 1 atom stereocenters. The van der Waals surface area contributed by atoms with Crippen molar-refractivity contribution in [2.75, 3.05) is 5.73 Å². The number of nitrogens with two attached hydrogens (primary N) is 1. The topological polar surface area (TPSA) is 80.9 Å². The maximum absolute atomic E-state index is 12.5. The Morgan fingerprint density at radius 2 is 2.29 bits per heavy atom. The lowest BCUT2D eigenvalue weighted by molar-refractivity contribution is 0.0939. The molecule has 1 aromatic carbocycles. The zero-order valence-corrected chi connectivity index (χ0v) is 12.9. The van der Waals surface area contributed by atoms with Gasteiger partial charge in [-0.3, -0.25) is 4.79 Å². The van der Waals surface area contributed by atoms with E-state index in [-0.39, 0.29) is 17.9 Å². The quantitative estimate of drug-likeness (QED) is 0.854. The molecule has 6 heteroatoms. The Morgan fingerprint density at radius 1 is 1.48 bits per heavy atom. The lowest BCUT2D eigenvalue weighted by Gasteiger charge is -2.14. The largest absolute Gasteiger partial charge is 0.399 e. The van der Waals surface area contributed by atoms with Crippen LogP contribution in [-0.2, 0) is 6.42 Å². The summed E-state index contributed by atoms with van der Waals surface area (Å²) in [5.41, 5.74) is 9.75. The van der Waals surface area contributed by atoms with Crippen LogP contribution in [0, 0.1) is 0 Å². The van der Waals surface area contributed by atoms with Gasteiger partial charge in [0.2, 0.25) is 0 Å². The zero-order valence-electron chi connectivity index (χ0n) is 12.1. The second-order valence-electron chi connectivity index (χ2n) is 5.66. The molecule has 1 unspecified atom stereocenters. The number of benzene rings is 1. The van der Waals surface area contributed by atoms with Crippen LogP contribution in [0.2, 0.25) is 0 Å².